The SMILES string of the molecule is Cc1c(OC(=O)[C@@H]2CCCN2C(=O)OC(C)(C)C)ccc2c3c(c(=O)oc12)CCCC3. The van der Waals surface area contributed by atoms with Crippen LogP contribution in [-0.4, -0.2) is 35.2 Å². The van der Waals surface area contributed by atoms with Gasteiger partial charge in [-0.2, -0.15) is 0 Å². The Morgan fingerprint density at radius 2 is 1.81 bits per heavy atom. The molecule has 1 saturated heterocycles. The minimum Gasteiger partial charge on any atom is -0.444 e. The number of ether oxygens (including phenoxy) is 2. The summed E-state index contributed by atoms with van der Waals surface area (Å²) < 4.78 is 16.7. The molecule has 1 aliphatic heterocycles. The van der Waals surface area contributed by atoms with Gasteiger partial charge in [0.1, 0.15) is 23.0 Å². The van der Waals surface area contributed by atoms with Crippen molar-refractivity contribution in [2.24, 2.45) is 0 Å². The minimum atomic E-state index is -0.694. The van der Waals surface area contributed by atoms with Gasteiger partial charge in [0.25, 0.3) is 0 Å². The molecule has 0 bridgehead atoms. The van der Waals surface area contributed by atoms with E-state index in [1.165, 1.54) is 4.90 Å². The number of rotatable bonds is 2. The first-order valence-electron chi connectivity index (χ1n) is 10.9. The Balaban J connectivity index is 1.60. The maximum Gasteiger partial charge on any atom is 0.411 e. The van der Waals surface area contributed by atoms with Crippen LogP contribution in [0.25, 0.3) is 11.0 Å². The molecule has 2 heterocycles. The molecule has 0 spiro atoms. The highest BCUT2D eigenvalue weighted by molar-refractivity contribution is 5.88. The third-order valence-corrected chi connectivity index (χ3v) is 5.95. The fraction of sp³-hybridized carbons (Fsp3) is 0.542. The lowest BCUT2D eigenvalue weighted by molar-refractivity contribution is -0.139. The van der Waals surface area contributed by atoms with E-state index >= 15 is 0 Å². The van der Waals surface area contributed by atoms with Crippen LogP contribution in [0.4, 0.5) is 4.79 Å². The van der Waals surface area contributed by atoms with Crippen molar-refractivity contribution in [1.29, 1.82) is 0 Å². The summed E-state index contributed by atoms with van der Waals surface area (Å²) >= 11 is 0. The van der Waals surface area contributed by atoms with Crippen molar-refractivity contribution in [3.63, 3.8) is 0 Å². The Morgan fingerprint density at radius 3 is 2.52 bits per heavy atom. The van der Waals surface area contributed by atoms with Crippen molar-refractivity contribution >= 4 is 23.0 Å². The van der Waals surface area contributed by atoms with Crippen molar-refractivity contribution in [2.75, 3.05) is 6.54 Å². The van der Waals surface area contributed by atoms with E-state index in [1.54, 1.807) is 33.8 Å². The summed E-state index contributed by atoms with van der Waals surface area (Å²) in [5.74, 6) is -0.168. The zero-order chi connectivity index (χ0) is 22.3. The van der Waals surface area contributed by atoms with E-state index in [9.17, 15) is 14.4 Å². The van der Waals surface area contributed by atoms with Gasteiger partial charge in [0, 0.05) is 23.1 Å². The van der Waals surface area contributed by atoms with E-state index in [0.717, 1.165) is 42.2 Å². The van der Waals surface area contributed by atoms with Gasteiger partial charge >= 0.3 is 17.7 Å². The molecule has 0 radical (unpaired) electrons. The molecule has 7 heteroatoms. The van der Waals surface area contributed by atoms with Gasteiger partial charge in [-0.3, -0.25) is 4.90 Å². The van der Waals surface area contributed by atoms with Crippen LogP contribution in [0.15, 0.2) is 21.3 Å². The lowest BCUT2D eigenvalue weighted by Gasteiger charge is -2.27. The Kier molecular flexibility index (Phi) is 5.54. The topological polar surface area (TPSA) is 86.0 Å². The van der Waals surface area contributed by atoms with Crippen molar-refractivity contribution < 1.29 is 23.5 Å². The molecule has 1 aromatic carbocycles. The predicted molar refractivity (Wildman–Crippen MR) is 115 cm³/mol. The number of carbonyl (C=O) groups is 2. The first-order chi connectivity index (χ1) is 14.7. The number of amides is 1. The number of esters is 1. The summed E-state index contributed by atoms with van der Waals surface area (Å²) in [5, 5.41) is 0.905. The highest BCUT2D eigenvalue weighted by Gasteiger charge is 2.38. The summed E-state index contributed by atoms with van der Waals surface area (Å²) in [5.41, 5.74) is 1.94. The van der Waals surface area contributed by atoms with Gasteiger partial charge in [-0.1, -0.05) is 0 Å². The third kappa shape index (κ3) is 4.18. The quantitative estimate of drug-likeness (QED) is 0.404. The first kappa shape index (κ1) is 21.4. The number of aryl methyl sites for hydroxylation is 2. The maximum absolute atomic E-state index is 12.9. The molecule has 1 aliphatic carbocycles. The second-order valence-corrected chi connectivity index (χ2v) is 9.37. The molecule has 31 heavy (non-hydrogen) atoms. The Morgan fingerprint density at radius 1 is 1.10 bits per heavy atom. The van der Waals surface area contributed by atoms with Crippen molar-refractivity contribution in [1.82, 2.24) is 4.90 Å². The van der Waals surface area contributed by atoms with Gasteiger partial charge in [0.05, 0.1) is 0 Å². The largest absolute Gasteiger partial charge is 0.444 e. The van der Waals surface area contributed by atoms with Gasteiger partial charge in [-0.05, 0) is 83.9 Å². The van der Waals surface area contributed by atoms with Gasteiger partial charge in [0.15, 0.2) is 0 Å². The van der Waals surface area contributed by atoms with Crippen molar-refractivity contribution in [3.05, 3.63) is 39.2 Å². The molecular weight excluding hydrogens is 398 g/mol. The highest BCUT2D eigenvalue weighted by Crippen LogP contribution is 2.33. The van der Waals surface area contributed by atoms with Crippen LogP contribution in [0.1, 0.15) is 63.1 Å². The smallest absolute Gasteiger partial charge is 0.411 e. The number of hydrogen-bond acceptors (Lipinski definition) is 6. The molecule has 166 valence electrons. The van der Waals surface area contributed by atoms with Gasteiger partial charge in [-0.15, -0.1) is 0 Å². The van der Waals surface area contributed by atoms with E-state index in [4.69, 9.17) is 13.9 Å². The monoisotopic (exact) mass is 427 g/mol. The molecule has 1 fully saturated rings. The van der Waals surface area contributed by atoms with Crippen LogP contribution < -0.4 is 10.4 Å². The fourth-order valence-corrected chi connectivity index (χ4v) is 4.46. The van der Waals surface area contributed by atoms with Crippen molar-refractivity contribution in [3.8, 4) is 5.75 Å². The number of benzene rings is 1. The number of likely N-dealkylation sites (tertiary alicyclic amines) is 1. The van der Waals surface area contributed by atoms with E-state index in [1.807, 2.05) is 6.07 Å². The zero-order valence-electron chi connectivity index (χ0n) is 18.6. The van der Waals surface area contributed by atoms with E-state index < -0.39 is 23.7 Å². The summed E-state index contributed by atoms with van der Waals surface area (Å²) in [6.45, 7) is 7.60. The maximum atomic E-state index is 12.9. The molecule has 2 aromatic rings. The number of nitrogens with zero attached hydrogens (tertiary/aromatic N) is 1. The third-order valence-electron chi connectivity index (χ3n) is 5.95. The van der Waals surface area contributed by atoms with E-state index in [-0.39, 0.29) is 5.63 Å². The van der Waals surface area contributed by atoms with Gasteiger partial charge in [0.2, 0.25) is 0 Å². The highest BCUT2D eigenvalue weighted by atomic mass is 16.6. The molecule has 0 saturated carbocycles. The van der Waals surface area contributed by atoms with E-state index in [0.29, 0.717) is 36.3 Å². The van der Waals surface area contributed by atoms with Crippen LogP contribution in [0.2, 0.25) is 0 Å². The second kappa shape index (κ2) is 8.02. The average Bonchev–Trinajstić information content (AvgIpc) is 3.20. The number of carbonyl (C=O) groups excluding carboxylic acids is 2. The van der Waals surface area contributed by atoms with E-state index in [2.05, 4.69) is 0 Å². The first-order valence-corrected chi connectivity index (χ1v) is 10.9. The van der Waals surface area contributed by atoms with Crippen LogP contribution in [-0.2, 0) is 22.4 Å². The average molecular weight is 427 g/mol. The standard InChI is InChI=1S/C24H29NO6/c1-14-19(12-11-16-15-8-5-6-9-17(15)21(26)30-20(14)16)29-22(27)18-10-7-13-25(18)23(28)31-24(2,3)4/h11-12,18H,5-10,13H2,1-4H3/t18-/m0/s1. The summed E-state index contributed by atoms with van der Waals surface area (Å²) in [6, 6.07) is 2.91. The minimum absolute atomic E-state index is 0.305. The van der Waals surface area contributed by atoms with Crippen LogP contribution >= 0.6 is 0 Å². The molecule has 1 aromatic heterocycles. The summed E-state index contributed by atoms with van der Waals surface area (Å²) in [7, 11) is 0. The lowest BCUT2D eigenvalue weighted by atomic mass is 9.90. The molecule has 2 aliphatic rings. The van der Waals surface area contributed by atoms with Crippen LogP contribution in [0, 0.1) is 6.92 Å². The Hall–Kier alpha value is -2.83. The van der Waals surface area contributed by atoms with Gasteiger partial charge < -0.3 is 13.9 Å². The Bertz CT molecular complexity index is 1090. The normalized spacial score (nSPS) is 18.7. The van der Waals surface area contributed by atoms with Crippen LogP contribution in [0.5, 0.6) is 5.75 Å². The lowest BCUT2D eigenvalue weighted by Crippen LogP contribution is -2.44. The molecular formula is C24H29NO6. The van der Waals surface area contributed by atoms with Crippen molar-refractivity contribution in [2.45, 2.75) is 77.9 Å². The van der Waals surface area contributed by atoms with Crippen LogP contribution in [0.3, 0.4) is 0 Å². The zero-order valence-corrected chi connectivity index (χ0v) is 18.6. The molecule has 1 atom stereocenters. The summed E-state index contributed by atoms with van der Waals surface area (Å²) in [6.07, 6.45) is 4.34. The summed E-state index contributed by atoms with van der Waals surface area (Å²) in [4.78, 5) is 39.3. The molecule has 0 unspecified atom stereocenters. The molecule has 7 nitrogen and oxygen atoms in total. The predicted octanol–water partition coefficient (Wildman–Crippen LogP) is 4.29. The fourth-order valence-electron chi connectivity index (χ4n) is 4.46. The molecule has 0 N–H and O–H groups in total. The molecule has 4 rings (SSSR count). The molecule has 1 amide bonds. The second-order valence-electron chi connectivity index (χ2n) is 9.37. The number of fused-ring (bicyclic) bond motifs is 3. The van der Waals surface area contributed by atoms with Gasteiger partial charge in [-0.25, -0.2) is 14.4 Å². The number of hydrogen-bond donors (Lipinski definition) is 0. The Labute approximate surface area is 181 Å².